The zero-order valence-corrected chi connectivity index (χ0v) is 14.7. The zero-order valence-electron chi connectivity index (χ0n) is 11.8. The van der Waals surface area contributed by atoms with Crippen LogP contribution in [0.2, 0.25) is 5.02 Å². The lowest BCUT2D eigenvalue weighted by molar-refractivity contribution is 0.178. The van der Waals surface area contributed by atoms with Crippen LogP contribution >= 0.6 is 34.2 Å². The molecule has 0 fully saturated rings. The fourth-order valence-corrected chi connectivity index (χ4v) is 2.66. The van der Waals surface area contributed by atoms with Gasteiger partial charge in [0.25, 0.3) is 0 Å². The number of methoxy groups -OCH3 is 1. The van der Waals surface area contributed by atoms with Gasteiger partial charge < -0.3 is 15.4 Å². The predicted octanol–water partition coefficient (Wildman–Crippen LogP) is 4.06. The Morgan fingerprint density at radius 1 is 1.24 bits per heavy atom. The number of rotatable bonds is 6. The van der Waals surface area contributed by atoms with Crippen molar-refractivity contribution in [2.24, 2.45) is 0 Å². The molecule has 1 aromatic carbocycles. The van der Waals surface area contributed by atoms with E-state index in [0.29, 0.717) is 23.3 Å². The van der Waals surface area contributed by atoms with Gasteiger partial charge >= 0.3 is 0 Å². The lowest BCUT2D eigenvalue weighted by Crippen LogP contribution is -2.07. The van der Waals surface area contributed by atoms with Crippen LogP contribution in [-0.4, -0.2) is 23.6 Å². The van der Waals surface area contributed by atoms with Crippen LogP contribution in [0.5, 0.6) is 0 Å². The van der Waals surface area contributed by atoms with Gasteiger partial charge in [0.05, 0.1) is 10.7 Å². The summed E-state index contributed by atoms with van der Waals surface area (Å²) in [6.07, 6.45) is 0. The number of nitrogens with one attached hydrogen (secondary N) is 2. The molecule has 21 heavy (non-hydrogen) atoms. The van der Waals surface area contributed by atoms with E-state index in [0.717, 1.165) is 21.6 Å². The molecule has 1 heterocycles. The quantitative estimate of drug-likeness (QED) is 0.693. The van der Waals surface area contributed by atoms with E-state index in [-0.39, 0.29) is 0 Å². The highest BCUT2D eigenvalue weighted by molar-refractivity contribution is 14.1. The summed E-state index contributed by atoms with van der Waals surface area (Å²) in [5.41, 5.74) is 0.807. The normalized spacial score (nSPS) is 10.5. The maximum Gasteiger partial charge on any atom is 0.158 e. The molecule has 0 aliphatic rings. The minimum atomic E-state index is 0.355. The van der Waals surface area contributed by atoms with Gasteiger partial charge in [-0.15, -0.1) is 0 Å². The van der Waals surface area contributed by atoms with Gasteiger partial charge in [0, 0.05) is 23.3 Å². The van der Waals surface area contributed by atoms with Crippen molar-refractivity contribution in [2.45, 2.75) is 13.5 Å². The first-order valence-corrected chi connectivity index (χ1v) is 7.91. The monoisotopic (exact) mass is 418 g/mol. The topological polar surface area (TPSA) is 59.1 Å². The maximum atomic E-state index is 6.23. The zero-order chi connectivity index (χ0) is 15.2. The van der Waals surface area contributed by atoms with Crippen LogP contribution in [-0.2, 0) is 11.3 Å². The maximum absolute atomic E-state index is 6.23. The molecule has 112 valence electrons. The summed E-state index contributed by atoms with van der Waals surface area (Å²) in [5, 5.41) is 7.04. The van der Waals surface area contributed by atoms with E-state index in [2.05, 4.69) is 43.2 Å². The van der Waals surface area contributed by atoms with E-state index in [1.54, 1.807) is 7.11 Å². The first-order chi connectivity index (χ1) is 10.1. The molecule has 1 aromatic heterocycles. The van der Waals surface area contributed by atoms with Crippen molar-refractivity contribution in [3.8, 4) is 0 Å². The third-order valence-corrected chi connectivity index (χ3v) is 3.58. The van der Waals surface area contributed by atoms with Crippen LogP contribution in [0.1, 0.15) is 12.7 Å². The molecule has 0 aliphatic carbocycles. The van der Waals surface area contributed by atoms with Crippen molar-refractivity contribution >= 4 is 51.5 Å². The number of aromatic nitrogens is 2. The number of nitrogens with zero attached hydrogens (tertiary/aromatic N) is 2. The van der Waals surface area contributed by atoms with E-state index in [9.17, 15) is 0 Å². The van der Waals surface area contributed by atoms with Crippen molar-refractivity contribution in [1.82, 2.24) is 9.97 Å². The molecule has 0 atom stereocenters. The lowest BCUT2D eigenvalue weighted by atomic mass is 10.3. The number of anilines is 3. The molecule has 0 saturated heterocycles. The smallest absolute Gasteiger partial charge is 0.158 e. The fourth-order valence-electron chi connectivity index (χ4n) is 1.76. The van der Waals surface area contributed by atoms with Crippen LogP contribution in [0.25, 0.3) is 0 Å². The van der Waals surface area contributed by atoms with Crippen LogP contribution in [0, 0.1) is 3.57 Å². The van der Waals surface area contributed by atoms with Gasteiger partial charge in [-0.2, -0.15) is 0 Å². The Balaban J connectivity index is 2.29. The summed E-state index contributed by atoms with van der Waals surface area (Å²) in [6.45, 7) is 3.16. The minimum Gasteiger partial charge on any atom is -0.377 e. The fraction of sp³-hybridized carbons (Fsp3) is 0.286. The molecule has 0 aliphatic heterocycles. The predicted molar refractivity (Wildman–Crippen MR) is 94.4 cm³/mol. The van der Waals surface area contributed by atoms with Crippen LogP contribution in [0.3, 0.4) is 0 Å². The van der Waals surface area contributed by atoms with Crippen molar-refractivity contribution < 1.29 is 4.74 Å². The average Bonchev–Trinajstić information content (AvgIpc) is 2.42. The number of benzene rings is 1. The van der Waals surface area contributed by atoms with E-state index >= 15 is 0 Å². The van der Waals surface area contributed by atoms with Crippen molar-refractivity contribution in [1.29, 1.82) is 0 Å². The first-order valence-electron chi connectivity index (χ1n) is 6.45. The number of halogens is 2. The molecular formula is C14H16ClIN4O. The molecule has 2 N–H and O–H groups in total. The molecule has 0 bridgehead atoms. The number of ether oxygens (including phenoxy) is 1. The van der Waals surface area contributed by atoms with Crippen LogP contribution < -0.4 is 10.6 Å². The highest BCUT2D eigenvalue weighted by Crippen LogP contribution is 2.27. The van der Waals surface area contributed by atoms with Gasteiger partial charge in [-0.25, -0.2) is 9.97 Å². The average molecular weight is 419 g/mol. The second-order valence-corrected chi connectivity index (χ2v) is 5.92. The summed E-state index contributed by atoms with van der Waals surface area (Å²) in [4.78, 5) is 8.79. The molecule has 0 spiro atoms. The van der Waals surface area contributed by atoms with E-state index < -0.39 is 0 Å². The molecular weight excluding hydrogens is 403 g/mol. The molecule has 2 rings (SSSR count). The van der Waals surface area contributed by atoms with Crippen LogP contribution in [0.15, 0.2) is 24.3 Å². The van der Waals surface area contributed by atoms with Crippen molar-refractivity contribution in [3.05, 3.63) is 38.7 Å². The Bertz CT molecular complexity index is 600. The van der Waals surface area contributed by atoms with Gasteiger partial charge in [0.2, 0.25) is 0 Å². The molecule has 0 unspecified atom stereocenters. The van der Waals surface area contributed by atoms with Crippen molar-refractivity contribution in [3.63, 3.8) is 0 Å². The second-order valence-electron chi connectivity index (χ2n) is 4.27. The Kier molecular flexibility index (Phi) is 6.01. The minimum absolute atomic E-state index is 0.355. The Labute approximate surface area is 142 Å². The summed E-state index contributed by atoms with van der Waals surface area (Å²) in [6, 6.07) is 7.65. The van der Waals surface area contributed by atoms with E-state index in [1.807, 2.05) is 31.2 Å². The molecule has 0 radical (unpaired) electrons. The Morgan fingerprint density at radius 2 is 2.00 bits per heavy atom. The Morgan fingerprint density at radius 3 is 2.67 bits per heavy atom. The molecule has 2 aromatic rings. The molecule has 0 saturated carbocycles. The molecule has 5 nitrogen and oxygen atoms in total. The third-order valence-electron chi connectivity index (χ3n) is 2.60. The molecule has 7 heteroatoms. The highest BCUT2D eigenvalue weighted by Gasteiger charge is 2.07. The summed E-state index contributed by atoms with van der Waals surface area (Å²) >= 11 is 8.45. The van der Waals surface area contributed by atoms with Gasteiger partial charge in [-0.05, 0) is 47.7 Å². The van der Waals surface area contributed by atoms with E-state index in [4.69, 9.17) is 16.3 Å². The van der Waals surface area contributed by atoms with Crippen molar-refractivity contribution in [2.75, 3.05) is 24.3 Å². The van der Waals surface area contributed by atoms with Gasteiger partial charge in [-0.3, -0.25) is 0 Å². The van der Waals surface area contributed by atoms with Gasteiger partial charge in [-0.1, -0.05) is 11.6 Å². The SMILES string of the molecule is CCNc1cc(Nc2ccc(I)cc2Cl)nc(COC)n1. The molecule has 0 amide bonds. The Hall–Kier alpha value is -1.12. The van der Waals surface area contributed by atoms with Gasteiger partial charge in [0.15, 0.2) is 5.82 Å². The summed E-state index contributed by atoms with van der Waals surface area (Å²) < 4.78 is 6.18. The number of hydrogen-bond acceptors (Lipinski definition) is 5. The van der Waals surface area contributed by atoms with E-state index in [1.165, 1.54) is 0 Å². The third kappa shape index (κ3) is 4.69. The van der Waals surface area contributed by atoms with Gasteiger partial charge in [0.1, 0.15) is 18.2 Å². The standard InChI is InChI=1S/C14H16ClIN4O/c1-3-17-12-7-13(20-14(19-12)8-21-2)18-11-5-4-9(16)6-10(11)15/h4-7H,3,8H2,1-2H3,(H2,17,18,19,20). The first kappa shape index (κ1) is 16.3. The number of hydrogen-bond donors (Lipinski definition) is 2. The summed E-state index contributed by atoms with van der Waals surface area (Å²) in [7, 11) is 1.62. The highest BCUT2D eigenvalue weighted by atomic mass is 127. The lowest BCUT2D eigenvalue weighted by Gasteiger charge is -2.11. The van der Waals surface area contributed by atoms with Crippen LogP contribution in [0.4, 0.5) is 17.3 Å². The largest absolute Gasteiger partial charge is 0.377 e. The second kappa shape index (κ2) is 7.77. The summed E-state index contributed by atoms with van der Waals surface area (Å²) in [5.74, 6) is 2.04.